The minimum atomic E-state index is 0.352. The predicted molar refractivity (Wildman–Crippen MR) is 79.6 cm³/mol. The van der Waals surface area contributed by atoms with E-state index in [4.69, 9.17) is 17.4 Å². The first kappa shape index (κ1) is 15.5. The van der Waals surface area contributed by atoms with Gasteiger partial charge in [0.1, 0.15) is 0 Å². The maximum Gasteiger partial charge on any atom is 0.0408 e. The molecule has 1 rings (SSSR count). The number of benzene rings is 1. The first-order valence-corrected chi connectivity index (χ1v) is 7.34. The van der Waals surface area contributed by atoms with E-state index in [0.29, 0.717) is 6.04 Å². The van der Waals surface area contributed by atoms with Crippen LogP contribution in [0.5, 0.6) is 0 Å². The van der Waals surface area contributed by atoms with Crippen molar-refractivity contribution < 1.29 is 0 Å². The summed E-state index contributed by atoms with van der Waals surface area (Å²) < 4.78 is 0. The van der Waals surface area contributed by atoms with E-state index >= 15 is 0 Å². The highest BCUT2D eigenvalue weighted by Gasteiger charge is 2.07. The van der Waals surface area contributed by atoms with Gasteiger partial charge in [-0.15, -0.1) is 0 Å². The third-order valence-corrected chi connectivity index (χ3v) is 3.50. The van der Waals surface area contributed by atoms with Crippen molar-refractivity contribution in [1.29, 1.82) is 0 Å². The molecule has 0 aliphatic heterocycles. The van der Waals surface area contributed by atoms with Gasteiger partial charge in [0.15, 0.2) is 0 Å². The molecule has 3 heteroatoms. The number of hydrogen-bond acceptors (Lipinski definition) is 2. The third-order valence-electron chi connectivity index (χ3n) is 3.26. The SMILES string of the molecule is CCCCCCCC(Cc1cccc(Cl)c1)NN. The third kappa shape index (κ3) is 6.39. The summed E-state index contributed by atoms with van der Waals surface area (Å²) in [5.74, 6) is 5.62. The van der Waals surface area contributed by atoms with E-state index in [-0.39, 0.29) is 0 Å². The Morgan fingerprint density at radius 3 is 2.67 bits per heavy atom. The number of hydrogen-bond donors (Lipinski definition) is 2. The molecule has 0 bridgehead atoms. The normalized spacial score (nSPS) is 12.6. The lowest BCUT2D eigenvalue weighted by atomic mass is 10.0. The Labute approximate surface area is 116 Å². The van der Waals surface area contributed by atoms with Gasteiger partial charge in [-0.3, -0.25) is 11.3 Å². The maximum atomic E-state index is 5.98. The molecule has 0 saturated heterocycles. The molecule has 0 spiro atoms. The zero-order valence-corrected chi connectivity index (χ0v) is 12.0. The molecule has 1 atom stereocenters. The molecule has 1 aromatic carbocycles. The Morgan fingerprint density at radius 1 is 1.22 bits per heavy atom. The summed E-state index contributed by atoms with van der Waals surface area (Å²) in [6.45, 7) is 2.24. The van der Waals surface area contributed by atoms with E-state index in [1.807, 2.05) is 18.2 Å². The highest BCUT2D eigenvalue weighted by Crippen LogP contribution is 2.14. The van der Waals surface area contributed by atoms with Crippen molar-refractivity contribution in [1.82, 2.24) is 5.43 Å². The van der Waals surface area contributed by atoms with Crippen molar-refractivity contribution in [3.05, 3.63) is 34.9 Å². The fourth-order valence-electron chi connectivity index (χ4n) is 2.19. The van der Waals surface area contributed by atoms with Gasteiger partial charge in [-0.25, -0.2) is 0 Å². The molecule has 0 saturated carbocycles. The fraction of sp³-hybridized carbons (Fsp3) is 0.600. The second-order valence-electron chi connectivity index (χ2n) is 4.90. The molecule has 0 amide bonds. The zero-order valence-electron chi connectivity index (χ0n) is 11.3. The van der Waals surface area contributed by atoms with Crippen molar-refractivity contribution in [2.45, 2.75) is 57.9 Å². The molecule has 3 N–H and O–H groups in total. The van der Waals surface area contributed by atoms with Crippen molar-refractivity contribution >= 4 is 11.6 Å². The molecule has 0 aliphatic rings. The lowest BCUT2D eigenvalue weighted by Gasteiger charge is -2.16. The first-order chi connectivity index (χ1) is 8.76. The smallest absolute Gasteiger partial charge is 0.0408 e. The molecule has 1 unspecified atom stereocenters. The quantitative estimate of drug-likeness (QED) is 0.402. The van der Waals surface area contributed by atoms with Gasteiger partial charge in [0.05, 0.1) is 0 Å². The van der Waals surface area contributed by atoms with Crippen LogP contribution in [0.2, 0.25) is 5.02 Å². The number of hydrazine groups is 1. The summed E-state index contributed by atoms with van der Waals surface area (Å²) in [5.41, 5.74) is 4.17. The highest BCUT2D eigenvalue weighted by atomic mass is 35.5. The summed E-state index contributed by atoms with van der Waals surface area (Å²) in [4.78, 5) is 0. The second kappa shape index (κ2) is 9.37. The standard InChI is InChI=1S/C15H25ClN2/c1-2-3-4-5-6-10-15(18-17)12-13-8-7-9-14(16)11-13/h7-9,11,15,18H,2-6,10,12,17H2,1H3. The van der Waals surface area contributed by atoms with Crippen LogP contribution in [-0.4, -0.2) is 6.04 Å². The first-order valence-electron chi connectivity index (χ1n) is 6.96. The minimum absolute atomic E-state index is 0.352. The second-order valence-corrected chi connectivity index (χ2v) is 5.34. The molecule has 2 nitrogen and oxygen atoms in total. The molecule has 1 aromatic rings. The van der Waals surface area contributed by atoms with Gasteiger partial charge in [-0.2, -0.15) is 0 Å². The van der Waals surface area contributed by atoms with Crippen LogP contribution in [-0.2, 0) is 6.42 Å². The maximum absolute atomic E-state index is 5.98. The fourth-order valence-corrected chi connectivity index (χ4v) is 2.40. The number of halogens is 1. The summed E-state index contributed by atoms with van der Waals surface area (Å²) in [6.07, 6.45) is 8.61. The number of nitrogens with two attached hydrogens (primary N) is 1. The average Bonchev–Trinajstić information content (AvgIpc) is 2.37. The lowest BCUT2D eigenvalue weighted by molar-refractivity contribution is 0.461. The van der Waals surface area contributed by atoms with Crippen LogP contribution in [0.3, 0.4) is 0 Å². The Bertz CT molecular complexity index is 328. The van der Waals surface area contributed by atoms with Gasteiger partial charge in [0.25, 0.3) is 0 Å². The summed E-state index contributed by atoms with van der Waals surface area (Å²) in [6, 6.07) is 8.37. The van der Waals surface area contributed by atoms with Gasteiger partial charge in [-0.05, 0) is 30.5 Å². The lowest BCUT2D eigenvalue weighted by Crippen LogP contribution is -2.36. The molecule has 102 valence electrons. The van der Waals surface area contributed by atoms with Crippen LogP contribution < -0.4 is 11.3 Å². The Morgan fingerprint density at radius 2 is 2.00 bits per heavy atom. The zero-order chi connectivity index (χ0) is 13.2. The summed E-state index contributed by atoms with van der Waals surface area (Å²) >= 11 is 5.98. The van der Waals surface area contributed by atoms with E-state index in [2.05, 4.69) is 18.4 Å². The van der Waals surface area contributed by atoms with E-state index in [1.165, 1.54) is 37.7 Å². The van der Waals surface area contributed by atoms with Crippen LogP contribution in [0, 0.1) is 0 Å². The minimum Gasteiger partial charge on any atom is -0.271 e. The number of nitrogens with one attached hydrogen (secondary N) is 1. The molecular weight excluding hydrogens is 244 g/mol. The van der Waals surface area contributed by atoms with Crippen molar-refractivity contribution in [2.24, 2.45) is 5.84 Å². The van der Waals surface area contributed by atoms with Crippen molar-refractivity contribution in [3.8, 4) is 0 Å². The highest BCUT2D eigenvalue weighted by molar-refractivity contribution is 6.30. The molecule has 18 heavy (non-hydrogen) atoms. The van der Waals surface area contributed by atoms with E-state index in [1.54, 1.807) is 0 Å². The molecule has 0 aromatic heterocycles. The Balaban J connectivity index is 2.28. The Kier molecular flexibility index (Phi) is 8.06. The topological polar surface area (TPSA) is 38.0 Å². The van der Waals surface area contributed by atoms with Crippen LogP contribution in [0.15, 0.2) is 24.3 Å². The summed E-state index contributed by atoms with van der Waals surface area (Å²) in [7, 11) is 0. The predicted octanol–water partition coefficient (Wildman–Crippen LogP) is 4.07. The Hall–Kier alpha value is -0.570. The summed E-state index contributed by atoms with van der Waals surface area (Å²) in [5, 5.41) is 0.797. The molecule has 0 aliphatic carbocycles. The average molecular weight is 269 g/mol. The van der Waals surface area contributed by atoms with E-state index < -0.39 is 0 Å². The van der Waals surface area contributed by atoms with Crippen molar-refractivity contribution in [2.75, 3.05) is 0 Å². The van der Waals surface area contributed by atoms with Gasteiger partial charge in [0.2, 0.25) is 0 Å². The number of rotatable bonds is 9. The van der Waals surface area contributed by atoms with Crippen LogP contribution in [0.25, 0.3) is 0 Å². The van der Waals surface area contributed by atoms with E-state index in [9.17, 15) is 0 Å². The number of unbranched alkanes of at least 4 members (excludes halogenated alkanes) is 4. The van der Waals surface area contributed by atoms with Gasteiger partial charge >= 0.3 is 0 Å². The van der Waals surface area contributed by atoms with Gasteiger partial charge in [0, 0.05) is 11.1 Å². The van der Waals surface area contributed by atoms with Crippen LogP contribution in [0.1, 0.15) is 51.0 Å². The molecule has 0 heterocycles. The van der Waals surface area contributed by atoms with Gasteiger partial charge < -0.3 is 0 Å². The van der Waals surface area contributed by atoms with Crippen LogP contribution in [0.4, 0.5) is 0 Å². The molecule has 0 fully saturated rings. The molecule has 0 radical (unpaired) electrons. The van der Waals surface area contributed by atoms with Crippen molar-refractivity contribution in [3.63, 3.8) is 0 Å². The van der Waals surface area contributed by atoms with Gasteiger partial charge in [-0.1, -0.05) is 62.8 Å². The largest absolute Gasteiger partial charge is 0.271 e. The van der Waals surface area contributed by atoms with Crippen LogP contribution >= 0.6 is 11.6 Å². The van der Waals surface area contributed by atoms with E-state index in [0.717, 1.165) is 17.9 Å². The molecular formula is C15H25ClN2. The monoisotopic (exact) mass is 268 g/mol.